The lowest BCUT2D eigenvalue weighted by Crippen LogP contribution is -2.39. The molecule has 3 rings (SSSR count). The Bertz CT molecular complexity index is 669. The molecule has 23 heavy (non-hydrogen) atoms. The van der Waals surface area contributed by atoms with E-state index in [-0.39, 0.29) is 17.6 Å². The van der Waals surface area contributed by atoms with E-state index in [1.807, 2.05) is 11.8 Å². The first-order chi connectivity index (χ1) is 11.2. The summed E-state index contributed by atoms with van der Waals surface area (Å²) in [7, 11) is 0. The molecule has 0 saturated carbocycles. The van der Waals surface area contributed by atoms with Gasteiger partial charge in [-0.05, 0) is 43.5 Å². The van der Waals surface area contributed by atoms with Gasteiger partial charge in [0.05, 0.1) is 5.92 Å². The van der Waals surface area contributed by atoms with Crippen molar-refractivity contribution in [3.63, 3.8) is 0 Å². The zero-order chi connectivity index (χ0) is 16.2. The molecule has 2 heterocycles. The Morgan fingerprint density at radius 2 is 2.17 bits per heavy atom. The van der Waals surface area contributed by atoms with Crippen molar-refractivity contribution in [2.45, 2.75) is 38.5 Å². The summed E-state index contributed by atoms with van der Waals surface area (Å²) in [6.45, 7) is 3.43. The molecule has 1 fully saturated rings. The van der Waals surface area contributed by atoms with Gasteiger partial charge in [0.15, 0.2) is 0 Å². The lowest BCUT2D eigenvalue weighted by molar-refractivity contribution is -0.132. The number of nitrogens with zero attached hydrogens (tertiary/aromatic N) is 3. The average Bonchev–Trinajstić information content (AvgIpc) is 3.06. The van der Waals surface area contributed by atoms with E-state index >= 15 is 0 Å². The van der Waals surface area contributed by atoms with Crippen LogP contribution in [-0.2, 0) is 4.79 Å². The number of hydrogen-bond donors (Lipinski definition) is 0. The molecule has 1 aromatic carbocycles. The highest BCUT2D eigenvalue weighted by atomic mass is 19.1. The Labute approximate surface area is 134 Å². The van der Waals surface area contributed by atoms with Gasteiger partial charge in [-0.3, -0.25) is 4.79 Å². The fourth-order valence-corrected chi connectivity index (χ4v) is 2.89. The SMILES string of the molecule is CCCC(=O)N1CCC[C@H](c2nc(-c3ccc(F)cc3)no2)C1. The predicted octanol–water partition coefficient (Wildman–Crippen LogP) is 3.38. The molecular weight excluding hydrogens is 297 g/mol. The molecule has 1 saturated heterocycles. The summed E-state index contributed by atoms with van der Waals surface area (Å²) in [5, 5.41) is 3.99. The molecule has 1 aliphatic rings. The van der Waals surface area contributed by atoms with Gasteiger partial charge in [-0.1, -0.05) is 12.1 Å². The molecule has 0 bridgehead atoms. The smallest absolute Gasteiger partial charge is 0.231 e. The number of hydrogen-bond acceptors (Lipinski definition) is 4. The molecule has 1 atom stereocenters. The van der Waals surface area contributed by atoms with Crippen LogP contribution in [0.4, 0.5) is 4.39 Å². The van der Waals surface area contributed by atoms with E-state index in [0.29, 0.717) is 24.7 Å². The summed E-state index contributed by atoms with van der Waals surface area (Å²) in [5.41, 5.74) is 0.719. The Morgan fingerprint density at radius 3 is 2.91 bits per heavy atom. The van der Waals surface area contributed by atoms with E-state index in [4.69, 9.17) is 4.52 Å². The zero-order valence-corrected chi connectivity index (χ0v) is 13.2. The molecule has 1 aliphatic heterocycles. The molecule has 0 radical (unpaired) electrons. The largest absolute Gasteiger partial charge is 0.342 e. The molecule has 5 nitrogen and oxygen atoms in total. The standard InChI is InChI=1S/C17H20FN3O2/c1-2-4-15(22)21-10-3-5-13(11-21)17-19-16(20-23-17)12-6-8-14(18)9-7-12/h6-9,13H,2-5,10-11H2,1H3/t13-/m0/s1. The fraction of sp³-hybridized carbons (Fsp3) is 0.471. The second kappa shape index (κ2) is 6.89. The van der Waals surface area contributed by atoms with Crippen LogP contribution in [0.5, 0.6) is 0 Å². The first-order valence-electron chi connectivity index (χ1n) is 8.04. The van der Waals surface area contributed by atoms with Gasteiger partial charge < -0.3 is 9.42 Å². The molecule has 1 amide bonds. The molecule has 0 unspecified atom stereocenters. The molecule has 1 aromatic heterocycles. The molecule has 0 aliphatic carbocycles. The number of benzene rings is 1. The quantitative estimate of drug-likeness (QED) is 0.867. The summed E-state index contributed by atoms with van der Waals surface area (Å²) < 4.78 is 18.4. The number of halogens is 1. The van der Waals surface area contributed by atoms with E-state index in [1.165, 1.54) is 12.1 Å². The fourth-order valence-electron chi connectivity index (χ4n) is 2.89. The van der Waals surface area contributed by atoms with Gasteiger partial charge in [0, 0.05) is 25.1 Å². The van der Waals surface area contributed by atoms with Gasteiger partial charge in [0.1, 0.15) is 5.82 Å². The zero-order valence-electron chi connectivity index (χ0n) is 13.2. The molecule has 6 heteroatoms. The minimum atomic E-state index is -0.296. The minimum absolute atomic E-state index is 0.0752. The second-order valence-electron chi connectivity index (χ2n) is 5.89. The van der Waals surface area contributed by atoms with Crippen LogP contribution in [0.25, 0.3) is 11.4 Å². The Balaban J connectivity index is 1.72. The maximum atomic E-state index is 13.0. The second-order valence-corrected chi connectivity index (χ2v) is 5.89. The highest BCUT2D eigenvalue weighted by molar-refractivity contribution is 5.76. The Kier molecular flexibility index (Phi) is 4.69. The minimum Gasteiger partial charge on any atom is -0.342 e. The van der Waals surface area contributed by atoms with Crippen molar-refractivity contribution in [3.8, 4) is 11.4 Å². The predicted molar refractivity (Wildman–Crippen MR) is 83.2 cm³/mol. The van der Waals surface area contributed by atoms with Gasteiger partial charge in [-0.25, -0.2) is 4.39 Å². The van der Waals surface area contributed by atoms with Gasteiger partial charge >= 0.3 is 0 Å². The first-order valence-corrected chi connectivity index (χ1v) is 8.04. The van der Waals surface area contributed by atoms with Crippen LogP contribution in [0.15, 0.2) is 28.8 Å². The Morgan fingerprint density at radius 1 is 1.39 bits per heavy atom. The van der Waals surface area contributed by atoms with Crippen LogP contribution in [0.3, 0.4) is 0 Å². The highest BCUT2D eigenvalue weighted by Crippen LogP contribution is 2.28. The van der Waals surface area contributed by atoms with Crippen molar-refractivity contribution in [3.05, 3.63) is 36.0 Å². The van der Waals surface area contributed by atoms with Crippen LogP contribution in [0, 0.1) is 5.82 Å². The van der Waals surface area contributed by atoms with Crippen LogP contribution in [-0.4, -0.2) is 34.0 Å². The maximum absolute atomic E-state index is 13.0. The van der Waals surface area contributed by atoms with E-state index in [2.05, 4.69) is 10.1 Å². The third kappa shape index (κ3) is 3.57. The number of carbonyl (C=O) groups is 1. The summed E-state index contributed by atoms with van der Waals surface area (Å²) in [4.78, 5) is 18.4. The van der Waals surface area contributed by atoms with Crippen LogP contribution < -0.4 is 0 Å². The number of amides is 1. The van der Waals surface area contributed by atoms with Gasteiger partial charge in [-0.15, -0.1) is 0 Å². The van der Waals surface area contributed by atoms with Gasteiger partial charge in [-0.2, -0.15) is 4.98 Å². The van der Waals surface area contributed by atoms with Crippen molar-refractivity contribution in [1.82, 2.24) is 15.0 Å². The van der Waals surface area contributed by atoms with Crippen molar-refractivity contribution < 1.29 is 13.7 Å². The van der Waals surface area contributed by atoms with Crippen molar-refractivity contribution in [2.24, 2.45) is 0 Å². The van der Waals surface area contributed by atoms with E-state index in [0.717, 1.165) is 31.4 Å². The molecule has 2 aromatic rings. The topological polar surface area (TPSA) is 59.2 Å². The average molecular weight is 317 g/mol. The Hall–Kier alpha value is -2.24. The number of likely N-dealkylation sites (tertiary alicyclic amines) is 1. The highest BCUT2D eigenvalue weighted by Gasteiger charge is 2.28. The molecule has 122 valence electrons. The number of carbonyl (C=O) groups excluding carboxylic acids is 1. The van der Waals surface area contributed by atoms with Crippen LogP contribution in [0.1, 0.15) is 44.4 Å². The van der Waals surface area contributed by atoms with E-state index in [9.17, 15) is 9.18 Å². The normalized spacial score (nSPS) is 18.2. The van der Waals surface area contributed by atoms with Gasteiger partial charge in [0.25, 0.3) is 0 Å². The number of rotatable bonds is 4. The van der Waals surface area contributed by atoms with Crippen molar-refractivity contribution >= 4 is 5.91 Å². The van der Waals surface area contributed by atoms with Crippen molar-refractivity contribution in [1.29, 1.82) is 0 Å². The summed E-state index contributed by atoms with van der Waals surface area (Å²) >= 11 is 0. The summed E-state index contributed by atoms with van der Waals surface area (Å²) in [6, 6.07) is 6.00. The number of piperidine rings is 1. The van der Waals surface area contributed by atoms with Crippen LogP contribution in [0.2, 0.25) is 0 Å². The number of aromatic nitrogens is 2. The summed E-state index contributed by atoms with van der Waals surface area (Å²) in [6.07, 6.45) is 3.31. The monoisotopic (exact) mass is 317 g/mol. The summed E-state index contributed by atoms with van der Waals surface area (Å²) in [5.74, 6) is 0.979. The lowest BCUT2D eigenvalue weighted by atomic mass is 9.97. The maximum Gasteiger partial charge on any atom is 0.231 e. The molecule has 0 spiro atoms. The first kappa shape index (κ1) is 15.6. The van der Waals surface area contributed by atoms with Gasteiger partial charge in [0.2, 0.25) is 17.6 Å². The van der Waals surface area contributed by atoms with Crippen molar-refractivity contribution in [2.75, 3.05) is 13.1 Å². The third-order valence-electron chi connectivity index (χ3n) is 4.13. The van der Waals surface area contributed by atoms with E-state index < -0.39 is 0 Å². The van der Waals surface area contributed by atoms with Crippen LogP contribution >= 0.6 is 0 Å². The molecular formula is C17H20FN3O2. The lowest BCUT2D eigenvalue weighted by Gasteiger charge is -2.31. The third-order valence-corrected chi connectivity index (χ3v) is 4.13. The molecule has 0 N–H and O–H groups in total. The van der Waals surface area contributed by atoms with E-state index in [1.54, 1.807) is 12.1 Å².